The number of rotatable bonds is 15. The zero-order chi connectivity index (χ0) is 18.5. The van der Waals surface area contributed by atoms with Gasteiger partial charge in [-0.05, 0) is 88.6 Å². The van der Waals surface area contributed by atoms with E-state index in [9.17, 15) is 4.79 Å². The molecule has 3 saturated carbocycles. The third-order valence-electron chi connectivity index (χ3n) is 6.54. The van der Waals surface area contributed by atoms with Gasteiger partial charge in [0.2, 0.25) is 0 Å². The van der Waals surface area contributed by atoms with E-state index >= 15 is 0 Å². The Morgan fingerprint density at radius 2 is 1.46 bits per heavy atom. The first-order valence-electron chi connectivity index (χ1n) is 11.2. The molecule has 3 rings (SSSR count). The topological polar surface area (TPSA) is 58.6 Å². The molecule has 0 amide bonds. The fourth-order valence-electron chi connectivity index (χ4n) is 4.69. The van der Waals surface area contributed by atoms with Gasteiger partial charge in [-0.2, -0.15) is 0 Å². The zero-order valence-electron chi connectivity index (χ0n) is 16.8. The van der Waals surface area contributed by atoms with Crippen LogP contribution < -0.4 is 5.32 Å². The van der Waals surface area contributed by atoms with Crippen molar-refractivity contribution in [1.29, 1.82) is 0 Å². The van der Waals surface area contributed by atoms with Crippen LogP contribution in [0.25, 0.3) is 0 Å². The fraction of sp³-hybridized carbons (Fsp3) is 0.955. The number of ether oxygens (including phenoxy) is 1. The summed E-state index contributed by atoms with van der Waals surface area (Å²) in [6.45, 7) is 3.03. The van der Waals surface area contributed by atoms with Crippen LogP contribution in [-0.2, 0) is 9.53 Å². The van der Waals surface area contributed by atoms with Crippen molar-refractivity contribution in [2.24, 2.45) is 11.3 Å². The van der Waals surface area contributed by atoms with Crippen LogP contribution in [0.15, 0.2) is 0 Å². The molecule has 152 valence electrons. The molecule has 4 heteroatoms. The predicted octanol–water partition coefficient (Wildman–Crippen LogP) is 4.59. The van der Waals surface area contributed by atoms with Crippen LogP contribution in [-0.4, -0.2) is 37.4 Å². The van der Waals surface area contributed by atoms with Gasteiger partial charge in [0, 0.05) is 6.61 Å². The average Bonchev–Trinajstić information content (AvgIpc) is 2.66. The van der Waals surface area contributed by atoms with Crippen LogP contribution in [0, 0.1) is 11.3 Å². The molecular formula is C22H41NO3. The molecule has 3 fully saturated rings. The summed E-state index contributed by atoms with van der Waals surface area (Å²) in [5.41, 5.74) is 0.304. The van der Waals surface area contributed by atoms with Crippen LogP contribution in [0.1, 0.15) is 96.3 Å². The Morgan fingerprint density at radius 3 is 2.12 bits per heavy atom. The van der Waals surface area contributed by atoms with Crippen molar-refractivity contribution < 1.29 is 14.6 Å². The Kier molecular flexibility index (Phi) is 10.6. The highest BCUT2D eigenvalue weighted by atomic mass is 16.5. The molecule has 26 heavy (non-hydrogen) atoms. The van der Waals surface area contributed by atoms with Crippen molar-refractivity contribution in [2.45, 2.75) is 96.3 Å². The van der Waals surface area contributed by atoms with Crippen LogP contribution in [0.5, 0.6) is 0 Å². The molecule has 0 unspecified atom stereocenters. The molecule has 2 bridgehead atoms. The summed E-state index contributed by atoms with van der Waals surface area (Å²) < 4.78 is 5.51. The highest BCUT2D eigenvalue weighted by Gasteiger charge is 2.41. The molecule has 0 aromatic carbocycles. The van der Waals surface area contributed by atoms with Crippen LogP contribution in [0.4, 0.5) is 0 Å². The maximum Gasteiger partial charge on any atom is 0.306 e. The van der Waals surface area contributed by atoms with Gasteiger partial charge in [-0.25, -0.2) is 0 Å². The van der Waals surface area contributed by atoms with Gasteiger partial charge in [-0.1, -0.05) is 25.7 Å². The van der Waals surface area contributed by atoms with Crippen molar-refractivity contribution in [3.8, 4) is 0 Å². The summed E-state index contributed by atoms with van der Waals surface area (Å²) >= 11 is 0. The molecule has 0 spiro atoms. The number of esters is 1. The Bertz CT molecular complexity index is 364. The molecule has 0 saturated heterocycles. The lowest BCUT2D eigenvalue weighted by Crippen LogP contribution is -2.36. The number of hydrogen-bond donors (Lipinski definition) is 2. The summed E-state index contributed by atoms with van der Waals surface area (Å²) in [4.78, 5) is 12.2. The first-order chi connectivity index (χ1) is 12.7. The fourth-order valence-corrected chi connectivity index (χ4v) is 4.69. The lowest BCUT2D eigenvalue weighted by molar-refractivity contribution is -0.148. The van der Waals surface area contributed by atoms with Gasteiger partial charge in [-0.15, -0.1) is 0 Å². The normalized spacial score (nSPS) is 24.7. The number of hydrogen-bond acceptors (Lipinski definition) is 4. The molecule has 2 N–H and O–H groups in total. The van der Waals surface area contributed by atoms with Crippen molar-refractivity contribution >= 4 is 5.97 Å². The highest BCUT2D eigenvalue weighted by molar-refractivity contribution is 5.70. The zero-order valence-corrected chi connectivity index (χ0v) is 16.8. The second-order valence-electron chi connectivity index (χ2n) is 8.68. The lowest BCUT2D eigenvalue weighted by Gasteiger charge is -2.46. The molecule has 0 radical (unpaired) electrons. The van der Waals surface area contributed by atoms with Gasteiger partial charge in [0.25, 0.3) is 0 Å². The molecule has 3 aliphatic carbocycles. The maximum atomic E-state index is 12.2. The van der Waals surface area contributed by atoms with E-state index in [0.717, 1.165) is 38.3 Å². The molecular weight excluding hydrogens is 326 g/mol. The summed E-state index contributed by atoms with van der Waals surface area (Å²) in [5.74, 6) is 1.01. The van der Waals surface area contributed by atoms with Crippen molar-refractivity contribution in [3.63, 3.8) is 0 Å². The minimum Gasteiger partial charge on any atom is -0.466 e. The van der Waals surface area contributed by atoms with Crippen LogP contribution in [0.2, 0.25) is 0 Å². The number of fused-ring (bicyclic) bond motifs is 3. The van der Waals surface area contributed by atoms with Gasteiger partial charge in [0.15, 0.2) is 0 Å². The van der Waals surface area contributed by atoms with Crippen LogP contribution >= 0.6 is 0 Å². The maximum absolute atomic E-state index is 12.2. The molecule has 3 aliphatic rings. The molecule has 0 aromatic rings. The second-order valence-corrected chi connectivity index (χ2v) is 8.68. The number of aliphatic hydroxyl groups excluding tert-OH is 1. The van der Waals surface area contributed by atoms with E-state index < -0.39 is 0 Å². The van der Waals surface area contributed by atoms with E-state index in [0.29, 0.717) is 25.0 Å². The molecule has 0 aliphatic heterocycles. The third kappa shape index (κ3) is 8.39. The Hall–Kier alpha value is -0.610. The van der Waals surface area contributed by atoms with Gasteiger partial charge in [0.05, 0.1) is 13.0 Å². The Labute approximate surface area is 160 Å². The van der Waals surface area contributed by atoms with E-state index in [-0.39, 0.29) is 5.97 Å². The summed E-state index contributed by atoms with van der Waals surface area (Å²) in [6, 6.07) is 0. The van der Waals surface area contributed by atoms with E-state index in [1.807, 2.05) is 0 Å². The summed E-state index contributed by atoms with van der Waals surface area (Å²) in [7, 11) is 0. The van der Waals surface area contributed by atoms with Crippen molar-refractivity contribution in [3.05, 3.63) is 0 Å². The number of unbranched alkanes of at least 4 members (excludes halogenated alkanes) is 6. The van der Waals surface area contributed by atoms with Gasteiger partial charge in [0.1, 0.15) is 0 Å². The number of nitrogens with one attached hydrogen (secondary N) is 1. The first-order valence-corrected chi connectivity index (χ1v) is 11.2. The quantitative estimate of drug-likeness (QED) is 0.328. The van der Waals surface area contributed by atoms with Gasteiger partial charge < -0.3 is 15.2 Å². The number of aliphatic hydroxyl groups is 1. The Morgan fingerprint density at radius 1 is 0.885 bits per heavy atom. The average molecular weight is 368 g/mol. The molecule has 0 aromatic heterocycles. The van der Waals surface area contributed by atoms with E-state index in [4.69, 9.17) is 9.84 Å². The highest BCUT2D eigenvalue weighted by Crippen LogP contribution is 2.52. The summed E-state index contributed by atoms with van der Waals surface area (Å²) in [6.07, 6.45) is 17.6. The monoisotopic (exact) mass is 367 g/mol. The lowest BCUT2D eigenvalue weighted by atomic mass is 9.59. The van der Waals surface area contributed by atoms with Gasteiger partial charge >= 0.3 is 5.97 Å². The standard InChI is InChI=1S/C22H41NO3/c24-17-7-6-16-23-15-5-3-1-2-4-8-18-26-21(25)19-22-12-9-20(10-13-22)11-14-22/h20,23-24H,1-19H2. The molecule has 0 heterocycles. The third-order valence-corrected chi connectivity index (χ3v) is 6.54. The van der Waals surface area contributed by atoms with E-state index in [1.165, 1.54) is 70.6 Å². The second kappa shape index (κ2) is 12.7. The summed E-state index contributed by atoms with van der Waals surface area (Å²) in [5, 5.41) is 12.1. The Balaban J connectivity index is 1.35. The van der Waals surface area contributed by atoms with Gasteiger partial charge in [-0.3, -0.25) is 4.79 Å². The number of carbonyl (C=O) groups excluding carboxylic acids is 1. The molecule has 0 atom stereocenters. The van der Waals surface area contributed by atoms with Crippen LogP contribution in [0.3, 0.4) is 0 Å². The largest absolute Gasteiger partial charge is 0.466 e. The predicted molar refractivity (Wildman–Crippen MR) is 106 cm³/mol. The number of carbonyl (C=O) groups is 1. The van der Waals surface area contributed by atoms with Crippen molar-refractivity contribution in [1.82, 2.24) is 5.32 Å². The SMILES string of the molecule is O=C(CC12CCC(CC1)CC2)OCCCCCCCCNCCCCO. The smallest absolute Gasteiger partial charge is 0.306 e. The van der Waals surface area contributed by atoms with Crippen molar-refractivity contribution in [2.75, 3.05) is 26.3 Å². The van der Waals surface area contributed by atoms with E-state index in [2.05, 4.69) is 5.32 Å². The minimum atomic E-state index is 0.0534. The van der Waals surface area contributed by atoms with E-state index in [1.54, 1.807) is 0 Å². The first kappa shape index (κ1) is 21.7. The minimum absolute atomic E-state index is 0.0534. The molecule has 4 nitrogen and oxygen atoms in total.